The van der Waals surface area contributed by atoms with E-state index in [2.05, 4.69) is 41.4 Å². The number of para-hydroxylation sites is 1. The van der Waals surface area contributed by atoms with Crippen LogP contribution in [0.1, 0.15) is 31.2 Å². The molecule has 1 unspecified atom stereocenters. The van der Waals surface area contributed by atoms with Crippen LogP contribution in [-0.2, 0) is 0 Å². The molecule has 3 rings (SSSR count). The van der Waals surface area contributed by atoms with Gasteiger partial charge in [0.25, 0.3) is 0 Å². The van der Waals surface area contributed by atoms with Crippen LogP contribution in [-0.4, -0.2) is 31.1 Å². The Morgan fingerprint density at radius 1 is 1.24 bits per heavy atom. The predicted molar refractivity (Wildman–Crippen MR) is 72.5 cm³/mol. The summed E-state index contributed by atoms with van der Waals surface area (Å²) in [5.74, 6) is 1.62. The maximum Gasteiger partial charge on any atom is 0.0376 e. The van der Waals surface area contributed by atoms with E-state index in [1.807, 2.05) is 0 Å². The van der Waals surface area contributed by atoms with Crippen molar-refractivity contribution < 1.29 is 0 Å². The normalized spacial score (nSPS) is 25.6. The monoisotopic (exact) mass is 230 g/mol. The van der Waals surface area contributed by atoms with E-state index in [1.54, 1.807) is 0 Å². The van der Waals surface area contributed by atoms with E-state index < -0.39 is 0 Å². The lowest BCUT2D eigenvalue weighted by molar-refractivity contribution is 0.185. The molecule has 2 nitrogen and oxygen atoms in total. The van der Waals surface area contributed by atoms with Gasteiger partial charge in [-0.05, 0) is 43.5 Å². The van der Waals surface area contributed by atoms with E-state index in [1.165, 1.54) is 43.7 Å². The van der Waals surface area contributed by atoms with Crippen molar-refractivity contribution in [3.63, 3.8) is 0 Å². The van der Waals surface area contributed by atoms with Crippen LogP contribution in [0.3, 0.4) is 0 Å². The zero-order valence-corrected chi connectivity index (χ0v) is 10.7. The molecule has 92 valence electrons. The Morgan fingerprint density at radius 2 is 2.00 bits per heavy atom. The molecule has 2 aliphatic heterocycles. The van der Waals surface area contributed by atoms with Gasteiger partial charge < -0.3 is 10.2 Å². The molecule has 1 aromatic rings. The highest BCUT2D eigenvalue weighted by molar-refractivity contribution is 5.57. The average Bonchev–Trinajstić information content (AvgIpc) is 2.76. The molecule has 2 aliphatic rings. The summed E-state index contributed by atoms with van der Waals surface area (Å²) in [6, 6.07) is 8.77. The van der Waals surface area contributed by atoms with Crippen molar-refractivity contribution in [3.8, 4) is 0 Å². The number of hydrogen-bond donors (Lipinski definition) is 1. The third kappa shape index (κ3) is 2.32. The van der Waals surface area contributed by atoms with Gasteiger partial charge in [-0.25, -0.2) is 0 Å². The zero-order chi connectivity index (χ0) is 11.7. The minimum absolute atomic E-state index is 0.694. The van der Waals surface area contributed by atoms with Gasteiger partial charge >= 0.3 is 0 Å². The summed E-state index contributed by atoms with van der Waals surface area (Å²) in [4.78, 5) is 2.65. The minimum Gasteiger partial charge on any atom is -0.384 e. The summed E-state index contributed by atoms with van der Waals surface area (Å²) in [7, 11) is 0. The van der Waals surface area contributed by atoms with Crippen LogP contribution >= 0.6 is 0 Å². The van der Waals surface area contributed by atoms with Crippen LogP contribution in [0.5, 0.6) is 0 Å². The van der Waals surface area contributed by atoms with Crippen molar-refractivity contribution in [2.24, 2.45) is 5.92 Å². The van der Waals surface area contributed by atoms with Crippen LogP contribution in [0.15, 0.2) is 24.3 Å². The first kappa shape index (κ1) is 11.1. The van der Waals surface area contributed by atoms with Crippen molar-refractivity contribution in [1.82, 2.24) is 4.90 Å². The van der Waals surface area contributed by atoms with Crippen molar-refractivity contribution in [1.29, 1.82) is 0 Å². The lowest BCUT2D eigenvalue weighted by Crippen LogP contribution is -2.36. The fraction of sp³-hybridized carbons (Fsp3) is 0.600. The summed E-state index contributed by atoms with van der Waals surface area (Å²) in [5.41, 5.74) is 2.87. The maximum atomic E-state index is 3.52. The third-order valence-electron chi connectivity index (χ3n) is 4.29. The molecule has 0 aromatic heterocycles. The Morgan fingerprint density at radius 3 is 2.82 bits per heavy atom. The Hall–Kier alpha value is -1.02. The number of likely N-dealkylation sites (tertiary alicyclic amines) is 1. The largest absolute Gasteiger partial charge is 0.384 e. The summed E-state index contributed by atoms with van der Waals surface area (Å²) in [6.07, 6.45) is 2.75. The van der Waals surface area contributed by atoms with Gasteiger partial charge in [0.1, 0.15) is 0 Å². The van der Waals surface area contributed by atoms with E-state index in [4.69, 9.17) is 0 Å². The topological polar surface area (TPSA) is 15.3 Å². The number of rotatable bonds is 2. The van der Waals surface area contributed by atoms with Gasteiger partial charge in [0.05, 0.1) is 0 Å². The van der Waals surface area contributed by atoms with Gasteiger partial charge in [-0.3, -0.25) is 0 Å². The number of nitrogens with zero attached hydrogens (tertiary/aromatic N) is 1. The van der Waals surface area contributed by atoms with Gasteiger partial charge in [0.2, 0.25) is 0 Å². The number of piperidine rings is 1. The van der Waals surface area contributed by atoms with Gasteiger partial charge in [-0.2, -0.15) is 0 Å². The van der Waals surface area contributed by atoms with Gasteiger partial charge in [0.15, 0.2) is 0 Å². The Kier molecular flexibility index (Phi) is 3.06. The van der Waals surface area contributed by atoms with Crippen molar-refractivity contribution in [3.05, 3.63) is 29.8 Å². The summed E-state index contributed by atoms with van der Waals surface area (Å²) < 4.78 is 0. The Labute approximate surface area is 104 Å². The lowest BCUT2D eigenvalue weighted by atomic mass is 9.96. The van der Waals surface area contributed by atoms with Crippen LogP contribution in [0.4, 0.5) is 5.69 Å². The van der Waals surface area contributed by atoms with Crippen molar-refractivity contribution in [2.75, 3.05) is 31.5 Å². The van der Waals surface area contributed by atoms with E-state index in [9.17, 15) is 0 Å². The van der Waals surface area contributed by atoms with E-state index in [-0.39, 0.29) is 0 Å². The van der Waals surface area contributed by atoms with Crippen LogP contribution in [0, 0.1) is 5.92 Å². The molecule has 0 aliphatic carbocycles. The van der Waals surface area contributed by atoms with Crippen LogP contribution < -0.4 is 5.32 Å². The van der Waals surface area contributed by atoms with Crippen LogP contribution in [0.2, 0.25) is 0 Å². The second-order valence-corrected chi connectivity index (χ2v) is 5.65. The molecule has 2 heterocycles. The van der Waals surface area contributed by atoms with Gasteiger partial charge in [-0.15, -0.1) is 0 Å². The molecule has 2 heteroatoms. The first-order chi connectivity index (χ1) is 8.33. The molecular formula is C15H22N2. The molecule has 1 fully saturated rings. The maximum absolute atomic E-state index is 3.52. The number of nitrogens with one attached hydrogen (secondary N) is 1. The number of benzene rings is 1. The molecule has 1 atom stereocenters. The minimum atomic E-state index is 0.694. The van der Waals surface area contributed by atoms with E-state index in [0.29, 0.717) is 5.92 Å². The Balaban J connectivity index is 1.64. The molecule has 1 aromatic carbocycles. The fourth-order valence-electron chi connectivity index (χ4n) is 3.08. The fourth-order valence-corrected chi connectivity index (χ4v) is 3.08. The van der Waals surface area contributed by atoms with E-state index in [0.717, 1.165) is 12.5 Å². The highest BCUT2D eigenvalue weighted by Gasteiger charge is 2.25. The van der Waals surface area contributed by atoms with Crippen molar-refractivity contribution >= 4 is 5.69 Å². The second-order valence-electron chi connectivity index (χ2n) is 5.65. The number of hydrogen-bond acceptors (Lipinski definition) is 2. The first-order valence-corrected chi connectivity index (χ1v) is 6.88. The lowest BCUT2D eigenvalue weighted by Gasteiger charge is -2.32. The van der Waals surface area contributed by atoms with Crippen molar-refractivity contribution in [2.45, 2.75) is 25.7 Å². The highest BCUT2D eigenvalue weighted by Crippen LogP contribution is 2.32. The summed E-state index contributed by atoms with van der Waals surface area (Å²) in [6.45, 7) is 7.31. The quantitative estimate of drug-likeness (QED) is 0.840. The molecular weight excluding hydrogens is 208 g/mol. The van der Waals surface area contributed by atoms with Crippen LogP contribution in [0.25, 0.3) is 0 Å². The number of fused-ring (bicyclic) bond motifs is 1. The molecule has 17 heavy (non-hydrogen) atoms. The molecule has 1 saturated heterocycles. The smallest absolute Gasteiger partial charge is 0.0376 e. The highest BCUT2D eigenvalue weighted by atomic mass is 15.1. The molecule has 0 spiro atoms. The SMILES string of the molecule is CC1CCN(CC2CNc3ccccc32)CC1. The molecule has 0 saturated carbocycles. The molecule has 0 radical (unpaired) electrons. The standard InChI is InChI=1S/C15H22N2/c1-12-6-8-17(9-7-12)11-13-10-16-15-5-3-2-4-14(13)15/h2-5,12-13,16H,6-11H2,1H3. The summed E-state index contributed by atoms with van der Waals surface area (Å²) in [5, 5.41) is 3.52. The first-order valence-electron chi connectivity index (χ1n) is 6.88. The van der Waals surface area contributed by atoms with Gasteiger partial charge in [0, 0.05) is 24.7 Å². The molecule has 1 N–H and O–H groups in total. The third-order valence-corrected chi connectivity index (χ3v) is 4.29. The second kappa shape index (κ2) is 4.69. The zero-order valence-electron chi connectivity index (χ0n) is 10.7. The molecule has 0 bridgehead atoms. The van der Waals surface area contributed by atoms with Gasteiger partial charge in [-0.1, -0.05) is 25.1 Å². The predicted octanol–water partition coefficient (Wildman–Crippen LogP) is 2.93. The Bertz CT molecular complexity index is 380. The van der Waals surface area contributed by atoms with E-state index >= 15 is 0 Å². The average molecular weight is 230 g/mol. The molecule has 0 amide bonds. The summed E-state index contributed by atoms with van der Waals surface area (Å²) >= 11 is 0. The number of anilines is 1.